The van der Waals surface area contributed by atoms with Gasteiger partial charge in [-0.2, -0.15) is 0 Å². The molecule has 5 nitrogen and oxygen atoms in total. The zero-order valence-electron chi connectivity index (χ0n) is 13.3. The number of nitrogens with one attached hydrogen (secondary N) is 1. The van der Waals surface area contributed by atoms with Gasteiger partial charge in [0.2, 0.25) is 0 Å². The molecule has 0 radical (unpaired) electrons. The van der Waals surface area contributed by atoms with Gasteiger partial charge in [0, 0.05) is 23.9 Å². The van der Waals surface area contributed by atoms with Crippen molar-refractivity contribution in [2.45, 2.75) is 32.8 Å². The van der Waals surface area contributed by atoms with E-state index < -0.39 is 11.7 Å². The molecular weight excluding hydrogens is 314 g/mol. The Morgan fingerprint density at radius 1 is 1.35 bits per heavy atom. The standard InChI is InChI=1S/C17H18ClN3O2/c1-17(2,3)23-16(22)19-9-5-4-6-12-7-8-14-13(10-12)15(18)21-11-20-14/h7-8,10-11H,5,9H2,1-3H3,(H,19,22). The lowest BCUT2D eigenvalue weighted by Crippen LogP contribution is -2.32. The minimum atomic E-state index is -0.498. The number of halogens is 1. The maximum absolute atomic E-state index is 11.5. The number of alkyl carbamates (subject to hydrolysis) is 1. The van der Waals surface area contributed by atoms with Crippen molar-refractivity contribution in [2.24, 2.45) is 0 Å². The van der Waals surface area contributed by atoms with Gasteiger partial charge in [-0.3, -0.25) is 0 Å². The van der Waals surface area contributed by atoms with Crippen LogP contribution in [0, 0.1) is 11.8 Å². The second-order valence-corrected chi connectivity index (χ2v) is 6.23. The van der Waals surface area contributed by atoms with Gasteiger partial charge < -0.3 is 10.1 Å². The fourth-order valence-electron chi connectivity index (χ4n) is 1.81. The Balaban J connectivity index is 1.90. The molecule has 0 atom stereocenters. The molecule has 0 unspecified atom stereocenters. The number of fused-ring (bicyclic) bond motifs is 1. The number of benzene rings is 1. The average Bonchev–Trinajstić information content (AvgIpc) is 2.46. The number of carbonyl (C=O) groups excluding carboxylic acids is 1. The van der Waals surface area contributed by atoms with Gasteiger partial charge in [-0.15, -0.1) is 0 Å². The van der Waals surface area contributed by atoms with Crippen molar-refractivity contribution in [3.63, 3.8) is 0 Å². The molecule has 120 valence electrons. The summed E-state index contributed by atoms with van der Waals surface area (Å²) < 4.78 is 5.14. The average molecular weight is 332 g/mol. The Kier molecular flexibility index (Phi) is 5.41. The van der Waals surface area contributed by atoms with Crippen LogP contribution in [0.2, 0.25) is 5.15 Å². The molecule has 1 heterocycles. The lowest BCUT2D eigenvalue weighted by atomic mass is 10.1. The zero-order chi connectivity index (χ0) is 16.9. The SMILES string of the molecule is CC(C)(C)OC(=O)NCCC#Cc1ccc2ncnc(Cl)c2c1. The summed E-state index contributed by atoms with van der Waals surface area (Å²) in [7, 11) is 0. The van der Waals surface area contributed by atoms with Crippen molar-refractivity contribution in [3.05, 3.63) is 35.2 Å². The van der Waals surface area contributed by atoms with Crippen LogP contribution in [0.1, 0.15) is 32.8 Å². The highest BCUT2D eigenvalue weighted by molar-refractivity contribution is 6.34. The second kappa shape index (κ2) is 7.30. The van der Waals surface area contributed by atoms with Crippen LogP contribution < -0.4 is 5.32 Å². The van der Waals surface area contributed by atoms with Crippen LogP contribution in [-0.4, -0.2) is 28.2 Å². The summed E-state index contributed by atoms with van der Waals surface area (Å²) in [4.78, 5) is 19.6. The van der Waals surface area contributed by atoms with E-state index in [1.807, 2.05) is 39.0 Å². The molecule has 0 aliphatic heterocycles. The largest absolute Gasteiger partial charge is 0.444 e. The molecule has 1 N–H and O–H groups in total. The van der Waals surface area contributed by atoms with Crippen molar-refractivity contribution in [1.29, 1.82) is 0 Å². The summed E-state index contributed by atoms with van der Waals surface area (Å²) >= 11 is 6.04. The van der Waals surface area contributed by atoms with Crippen molar-refractivity contribution >= 4 is 28.6 Å². The van der Waals surface area contributed by atoms with Gasteiger partial charge in [0.15, 0.2) is 0 Å². The predicted molar refractivity (Wildman–Crippen MR) is 90.3 cm³/mol. The normalized spacial score (nSPS) is 10.8. The monoisotopic (exact) mass is 331 g/mol. The number of aromatic nitrogens is 2. The van der Waals surface area contributed by atoms with Gasteiger partial charge in [0.05, 0.1) is 5.52 Å². The number of carbonyl (C=O) groups is 1. The Bertz CT molecular complexity index is 773. The van der Waals surface area contributed by atoms with E-state index in [0.29, 0.717) is 18.1 Å². The zero-order valence-corrected chi connectivity index (χ0v) is 14.1. The highest BCUT2D eigenvalue weighted by Crippen LogP contribution is 2.19. The number of amides is 1. The first kappa shape index (κ1) is 17.0. The van der Waals surface area contributed by atoms with Crippen LogP contribution >= 0.6 is 11.6 Å². The molecule has 0 saturated carbocycles. The Morgan fingerprint density at radius 3 is 2.87 bits per heavy atom. The predicted octanol–water partition coefficient (Wildman–Crippen LogP) is 3.55. The lowest BCUT2D eigenvalue weighted by molar-refractivity contribution is 0.0529. The molecule has 0 aliphatic carbocycles. The fraction of sp³-hybridized carbons (Fsp3) is 0.353. The molecule has 1 aromatic carbocycles. The Hall–Kier alpha value is -2.32. The third-order valence-corrected chi connectivity index (χ3v) is 3.04. The van der Waals surface area contributed by atoms with E-state index >= 15 is 0 Å². The second-order valence-electron chi connectivity index (χ2n) is 5.88. The van der Waals surface area contributed by atoms with Crippen LogP contribution in [0.25, 0.3) is 10.9 Å². The van der Waals surface area contributed by atoms with E-state index in [4.69, 9.17) is 16.3 Å². The van der Waals surface area contributed by atoms with E-state index in [9.17, 15) is 4.79 Å². The molecule has 0 spiro atoms. The number of hydrogen-bond donors (Lipinski definition) is 1. The van der Waals surface area contributed by atoms with Crippen molar-refractivity contribution in [1.82, 2.24) is 15.3 Å². The van der Waals surface area contributed by atoms with E-state index in [1.165, 1.54) is 6.33 Å². The van der Waals surface area contributed by atoms with Crippen LogP contribution in [0.3, 0.4) is 0 Å². The van der Waals surface area contributed by atoms with E-state index in [-0.39, 0.29) is 0 Å². The van der Waals surface area contributed by atoms with E-state index in [2.05, 4.69) is 27.1 Å². The first-order valence-electron chi connectivity index (χ1n) is 7.21. The summed E-state index contributed by atoms with van der Waals surface area (Å²) in [5, 5.41) is 3.84. The molecule has 23 heavy (non-hydrogen) atoms. The molecule has 2 aromatic rings. The lowest BCUT2D eigenvalue weighted by Gasteiger charge is -2.19. The van der Waals surface area contributed by atoms with Gasteiger partial charge in [-0.1, -0.05) is 23.4 Å². The molecule has 6 heteroatoms. The first-order valence-corrected chi connectivity index (χ1v) is 7.59. The van der Waals surface area contributed by atoms with E-state index in [1.54, 1.807) is 0 Å². The van der Waals surface area contributed by atoms with Gasteiger partial charge in [-0.25, -0.2) is 14.8 Å². The number of nitrogens with zero attached hydrogens (tertiary/aromatic N) is 2. The third-order valence-electron chi connectivity index (χ3n) is 2.74. The molecule has 1 aromatic heterocycles. The summed E-state index contributed by atoms with van der Waals surface area (Å²) in [6, 6.07) is 5.58. The molecular formula is C17H18ClN3O2. The molecule has 0 saturated heterocycles. The van der Waals surface area contributed by atoms with Crippen molar-refractivity contribution in [3.8, 4) is 11.8 Å². The number of rotatable bonds is 2. The summed E-state index contributed by atoms with van der Waals surface area (Å²) in [5.41, 5.74) is 1.11. The topological polar surface area (TPSA) is 64.1 Å². The summed E-state index contributed by atoms with van der Waals surface area (Å²) in [6.45, 7) is 5.89. The molecule has 0 bridgehead atoms. The maximum atomic E-state index is 11.5. The minimum Gasteiger partial charge on any atom is -0.444 e. The Morgan fingerprint density at radius 2 is 2.13 bits per heavy atom. The van der Waals surface area contributed by atoms with Gasteiger partial charge in [0.25, 0.3) is 0 Å². The third kappa shape index (κ3) is 5.42. The van der Waals surface area contributed by atoms with Gasteiger partial charge in [-0.05, 0) is 39.0 Å². The van der Waals surface area contributed by atoms with Crippen LogP contribution in [0.15, 0.2) is 24.5 Å². The van der Waals surface area contributed by atoms with Gasteiger partial charge in [0.1, 0.15) is 17.1 Å². The highest BCUT2D eigenvalue weighted by atomic mass is 35.5. The quantitative estimate of drug-likeness (QED) is 0.519. The number of ether oxygens (including phenoxy) is 1. The first-order chi connectivity index (χ1) is 10.8. The molecule has 0 aliphatic rings. The van der Waals surface area contributed by atoms with Crippen LogP contribution in [-0.2, 0) is 4.74 Å². The highest BCUT2D eigenvalue weighted by Gasteiger charge is 2.15. The molecule has 0 fully saturated rings. The van der Waals surface area contributed by atoms with Gasteiger partial charge >= 0.3 is 6.09 Å². The van der Waals surface area contributed by atoms with E-state index in [0.717, 1.165) is 16.5 Å². The molecule has 1 amide bonds. The summed E-state index contributed by atoms with van der Waals surface area (Å²) in [5.74, 6) is 6.03. The smallest absolute Gasteiger partial charge is 0.407 e. The molecule has 2 rings (SSSR count). The van der Waals surface area contributed by atoms with Crippen molar-refractivity contribution < 1.29 is 9.53 Å². The summed E-state index contributed by atoms with van der Waals surface area (Å²) in [6.07, 6.45) is 1.52. The number of hydrogen-bond acceptors (Lipinski definition) is 4. The maximum Gasteiger partial charge on any atom is 0.407 e. The van der Waals surface area contributed by atoms with Crippen LogP contribution in [0.5, 0.6) is 0 Å². The van der Waals surface area contributed by atoms with Crippen LogP contribution in [0.4, 0.5) is 4.79 Å². The minimum absolute atomic E-state index is 0.408. The fourth-order valence-corrected chi connectivity index (χ4v) is 2.00. The van der Waals surface area contributed by atoms with Crippen molar-refractivity contribution in [2.75, 3.05) is 6.54 Å². The Labute approximate surface area is 140 Å².